The first kappa shape index (κ1) is 13.9. The Kier molecular flexibility index (Phi) is 7.15. The summed E-state index contributed by atoms with van der Waals surface area (Å²) >= 11 is 0. The molecule has 0 bridgehead atoms. The van der Waals surface area contributed by atoms with Gasteiger partial charge in [0.25, 0.3) is 0 Å². The molecule has 86 valence electrons. The first-order valence-electron chi connectivity index (χ1n) is 5.59. The van der Waals surface area contributed by atoms with Crippen molar-refractivity contribution in [3.05, 3.63) is 0 Å². The molecule has 0 aliphatic carbocycles. The van der Waals surface area contributed by atoms with Gasteiger partial charge in [-0.3, -0.25) is 4.90 Å². The molecule has 1 unspecified atom stereocenters. The van der Waals surface area contributed by atoms with Crippen molar-refractivity contribution >= 4 is 0 Å². The lowest BCUT2D eigenvalue weighted by molar-refractivity contribution is 0.0714. The van der Waals surface area contributed by atoms with Crippen LogP contribution in [-0.2, 0) is 4.74 Å². The Balaban J connectivity index is 3.95. The van der Waals surface area contributed by atoms with E-state index in [1.807, 2.05) is 6.92 Å². The van der Waals surface area contributed by atoms with Crippen molar-refractivity contribution in [2.45, 2.75) is 39.2 Å². The van der Waals surface area contributed by atoms with Gasteiger partial charge in [0.05, 0.1) is 6.61 Å². The minimum atomic E-state index is 0.131. The van der Waals surface area contributed by atoms with Gasteiger partial charge in [-0.25, -0.2) is 0 Å². The molecule has 0 spiro atoms. The van der Waals surface area contributed by atoms with Gasteiger partial charge < -0.3 is 10.5 Å². The quantitative estimate of drug-likeness (QED) is 0.606. The van der Waals surface area contributed by atoms with Crippen LogP contribution in [0.3, 0.4) is 0 Å². The van der Waals surface area contributed by atoms with E-state index in [-0.39, 0.29) is 5.54 Å². The Bertz CT molecular complexity index is 141. The molecule has 3 heteroatoms. The summed E-state index contributed by atoms with van der Waals surface area (Å²) in [7, 11) is 2.13. The molecule has 14 heavy (non-hydrogen) atoms. The predicted octanol–water partition coefficient (Wildman–Crippen LogP) is 1.47. The lowest BCUT2D eigenvalue weighted by Crippen LogP contribution is -2.50. The van der Waals surface area contributed by atoms with Crippen molar-refractivity contribution in [1.82, 2.24) is 4.90 Å². The molecular weight excluding hydrogens is 176 g/mol. The zero-order valence-corrected chi connectivity index (χ0v) is 10.2. The van der Waals surface area contributed by atoms with E-state index in [9.17, 15) is 0 Å². The van der Waals surface area contributed by atoms with E-state index in [4.69, 9.17) is 10.5 Å². The molecule has 0 aromatic rings. The molecule has 0 heterocycles. The summed E-state index contributed by atoms with van der Waals surface area (Å²) < 4.78 is 5.34. The predicted molar refractivity (Wildman–Crippen MR) is 61.5 cm³/mol. The molecule has 0 aromatic heterocycles. The van der Waals surface area contributed by atoms with Crippen molar-refractivity contribution in [2.24, 2.45) is 5.73 Å². The third kappa shape index (κ3) is 4.40. The molecule has 2 N–H and O–H groups in total. The van der Waals surface area contributed by atoms with Gasteiger partial charge in [0, 0.05) is 25.2 Å². The molecule has 0 amide bonds. The summed E-state index contributed by atoms with van der Waals surface area (Å²) in [6.45, 7) is 9.71. The van der Waals surface area contributed by atoms with E-state index >= 15 is 0 Å². The summed E-state index contributed by atoms with van der Waals surface area (Å²) in [6, 6.07) is 0. The Hall–Kier alpha value is -0.120. The first-order chi connectivity index (χ1) is 6.60. The van der Waals surface area contributed by atoms with Crippen LogP contribution in [0.5, 0.6) is 0 Å². The molecule has 0 saturated heterocycles. The van der Waals surface area contributed by atoms with Crippen LogP contribution in [0.15, 0.2) is 0 Å². The molecule has 0 fully saturated rings. The maximum Gasteiger partial charge on any atom is 0.0593 e. The van der Waals surface area contributed by atoms with Crippen LogP contribution < -0.4 is 5.73 Å². The summed E-state index contributed by atoms with van der Waals surface area (Å²) in [5, 5.41) is 0. The standard InChI is InChI=1S/C11H26N2O/c1-5-7-11(3,10-12)13(4)8-9-14-6-2/h5-10,12H2,1-4H3. The van der Waals surface area contributed by atoms with Crippen molar-refractivity contribution in [3.63, 3.8) is 0 Å². The molecular formula is C11H26N2O. The third-order valence-corrected chi connectivity index (χ3v) is 2.93. The number of hydrogen-bond acceptors (Lipinski definition) is 3. The zero-order chi connectivity index (χ0) is 11.0. The van der Waals surface area contributed by atoms with Gasteiger partial charge in [0.1, 0.15) is 0 Å². The van der Waals surface area contributed by atoms with Crippen LogP contribution in [0.2, 0.25) is 0 Å². The van der Waals surface area contributed by atoms with Gasteiger partial charge in [0.2, 0.25) is 0 Å². The highest BCUT2D eigenvalue weighted by Gasteiger charge is 2.25. The van der Waals surface area contributed by atoms with Crippen LogP contribution in [0.4, 0.5) is 0 Å². The Morgan fingerprint density at radius 1 is 1.36 bits per heavy atom. The molecule has 0 saturated carbocycles. The SMILES string of the molecule is CCCC(C)(CN)N(C)CCOCC. The van der Waals surface area contributed by atoms with Crippen LogP contribution in [0.25, 0.3) is 0 Å². The number of nitrogens with two attached hydrogens (primary N) is 1. The third-order valence-electron chi connectivity index (χ3n) is 2.93. The maximum atomic E-state index is 5.82. The van der Waals surface area contributed by atoms with Crippen LogP contribution in [0.1, 0.15) is 33.6 Å². The van der Waals surface area contributed by atoms with Gasteiger partial charge in [-0.2, -0.15) is 0 Å². The minimum Gasteiger partial charge on any atom is -0.380 e. The second kappa shape index (κ2) is 7.21. The van der Waals surface area contributed by atoms with E-state index in [0.29, 0.717) is 6.54 Å². The van der Waals surface area contributed by atoms with Crippen LogP contribution in [-0.4, -0.2) is 43.8 Å². The fourth-order valence-electron chi connectivity index (χ4n) is 1.60. The highest BCUT2D eigenvalue weighted by atomic mass is 16.5. The number of ether oxygens (including phenoxy) is 1. The second-order valence-corrected chi connectivity index (χ2v) is 4.07. The van der Waals surface area contributed by atoms with Gasteiger partial charge in [0.15, 0.2) is 0 Å². The van der Waals surface area contributed by atoms with Gasteiger partial charge in [-0.15, -0.1) is 0 Å². The largest absolute Gasteiger partial charge is 0.380 e. The Labute approximate surface area is 88.6 Å². The molecule has 0 rings (SSSR count). The molecule has 0 aromatic carbocycles. The van der Waals surface area contributed by atoms with Crippen LogP contribution in [0, 0.1) is 0 Å². The fraction of sp³-hybridized carbons (Fsp3) is 1.00. The Morgan fingerprint density at radius 3 is 2.43 bits per heavy atom. The number of likely N-dealkylation sites (N-methyl/N-ethyl adjacent to an activating group) is 1. The maximum absolute atomic E-state index is 5.82. The van der Waals surface area contributed by atoms with Gasteiger partial charge in [-0.05, 0) is 27.3 Å². The van der Waals surface area contributed by atoms with Crippen molar-refractivity contribution in [3.8, 4) is 0 Å². The number of nitrogens with zero attached hydrogens (tertiary/aromatic N) is 1. The molecule has 0 radical (unpaired) electrons. The van der Waals surface area contributed by atoms with Crippen LogP contribution >= 0.6 is 0 Å². The van der Waals surface area contributed by atoms with Crippen molar-refractivity contribution in [2.75, 3.05) is 33.4 Å². The summed E-state index contributed by atoms with van der Waals surface area (Å²) in [4.78, 5) is 2.31. The topological polar surface area (TPSA) is 38.5 Å². The van der Waals surface area contributed by atoms with E-state index in [1.54, 1.807) is 0 Å². The number of hydrogen-bond donors (Lipinski definition) is 1. The normalized spacial score (nSPS) is 15.9. The molecule has 1 atom stereocenters. The first-order valence-corrected chi connectivity index (χ1v) is 5.59. The van der Waals surface area contributed by atoms with E-state index < -0.39 is 0 Å². The van der Waals surface area contributed by atoms with Crippen molar-refractivity contribution < 1.29 is 4.74 Å². The highest BCUT2D eigenvalue weighted by molar-refractivity contribution is 4.84. The van der Waals surface area contributed by atoms with Gasteiger partial charge in [-0.1, -0.05) is 13.3 Å². The summed E-state index contributed by atoms with van der Waals surface area (Å²) in [6.07, 6.45) is 2.32. The fourth-order valence-corrected chi connectivity index (χ4v) is 1.60. The Morgan fingerprint density at radius 2 is 2.00 bits per heavy atom. The highest BCUT2D eigenvalue weighted by Crippen LogP contribution is 2.17. The smallest absolute Gasteiger partial charge is 0.0593 e. The second-order valence-electron chi connectivity index (χ2n) is 4.07. The number of rotatable bonds is 8. The van der Waals surface area contributed by atoms with E-state index in [0.717, 1.165) is 26.2 Å². The zero-order valence-electron chi connectivity index (χ0n) is 10.2. The lowest BCUT2D eigenvalue weighted by atomic mass is 9.94. The van der Waals surface area contributed by atoms with E-state index in [2.05, 4.69) is 25.8 Å². The lowest BCUT2D eigenvalue weighted by Gasteiger charge is -2.38. The monoisotopic (exact) mass is 202 g/mol. The molecule has 0 aliphatic rings. The minimum absolute atomic E-state index is 0.131. The van der Waals surface area contributed by atoms with Crippen molar-refractivity contribution in [1.29, 1.82) is 0 Å². The average Bonchev–Trinajstić information content (AvgIpc) is 2.18. The average molecular weight is 202 g/mol. The summed E-state index contributed by atoms with van der Waals surface area (Å²) in [5.74, 6) is 0. The summed E-state index contributed by atoms with van der Waals surface area (Å²) in [5.41, 5.74) is 5.95. The molecule has 3 nitrogen and oxygen atoms in total. The van der Waals surface area contributed by atoms with Gasteiger partial charge >= 0.3 is 0 Å². The van der Waals surface area contributed by atoms with E-state index in [1.165, 1.54) is 6.42 Å². The molecule has 0 aliphatic heterocycles.